The fourth-order valence-electron chi connectivity index (χ4n) is 3.05. The van der Waals surface area contributed by atoms with Gasteiger partial charge in [0, 0.05) is 25.7 Å². The van der Waals surface area contributed by atoms with Gasteiger partial charge in [-0.2, -0.15) is 4.31 Å². The van der Waals surface area contributed by atoms with Crippen LogP contribution in [0.15, 0.2) is 47.4 Å². The molecule has 0 unspecified atom stereocenters. The van der Waals surface area contributed by atoms with Crippen LogP contribution in [-0.2, 0) is 17.1 Å². The molecule has 1 heterocycles. The standard InChI is InChI=1S/C19H23N3O3S/c1-5-22(6-2)26(23,24)16-11-12-18-17(13-16)20-19(21(18)3)14-7-9-15(25-4)10-8-14/h7-13H,5-6H2,1-4H3. The second kappa shape index (κ2) is 7.09. The molecule has 7 heteroatoms. The zero-order valence-corrected chi connectivity index (χ0v) is 16.2. The molecule has 1 aromatic heterocycles. The molecule has 0 aliphatic carbocycles. The van der Waals surface area contributed by atoms with E-state index in [4.69, 9.17) is 4.74 Å². The third-order valence-electron chi connectivity index (χ3n) is 4.54. The van der Waals surface area contributed by atoms with Crippen LogP contribution < -0.4 is 4.74 Å². The van der Waals surface area contributed by atoms with Crippen molar-refractivity contribution in [3.63, 3.8) is 0 Å². The number of hydrogen-bond donors (Lipinski definition) is 0. The van der Waals surface area contributed by atoms with Gasteiger partial charge < -0.3 is 9.30 Å². The molecule has 0 saturated heterocycles. The van der Waals surface area contributed by atoms with Gasteiger partial charge in [-0.3, -0.25) is 0 Å². The Kier molecular flexibility index (Phi) is 5.02. The number of aryl methyl sites for hydroxylation is 1. The zero-order chi connectivity index (χ0) is 18.9. The molecular formula is C19H23N3O3S. The molecular weight excluding hydrogens is 350 g/mol. The van der Waals surface area contributed by atoms with Crippen molar-refractivity contribution in [2.24, 2.45) is 7.05 Å². The average Bonchev–Trinajstić information content (AvgIpc) is 2.99. The van der Waals surface area contributed by atoms with Gasteiger partial charge in [0.1, 0.15) is 11.6 Å². The van der Waals surface area contributed by atoms with Crippen LogP contribution in [0.3, 0.4) is 0 Å². The lowest BCUT2D eigenvalue weighted by Crippen LogP contribution is -2.30. The summed E-state index contributed by atoms with van der Waals surface area (Å²) in [4.78, 5) is 4.93. The number of aromatic nitrogens is 2. The fourth-order valence-corrected chi connectivity index (χ4v) is 4.53. The lowest BCUT2D eigenvalue weighted by atomic mass is 10.2. The van der Waals surface area contributed by atoms with Crippen molar-refractivity contribution in [1.29, 1.82) is 0 Å². The second-order valence-electron chi connectivity index (χ2n) is 5.96. The van der Waals surface area contributed by atoms with Crippen LogP contribution in [0.4, 0.5) is 0 Å². The summed E-state index contributed by atoms with van der Waals surface area (Å²) in [5.41, 5.74) is 2.48. The Morgan fingerprint density at radius 3 is 2.31 bits per heavy atom. The van der Waals surface area contributed by atoms with Crippen LogP contribution in [0, 0.1) is 0 Å². The highest BCUT2D eigenvalue weighted by atomic mass is 32.2. The molecule has 26 heavy (non-hydrogen) atoms. The third kappa shape index (κ3) is 3.08. The summed E-state index contributed by atoms with van der Waals surface area (Å²) in [7, 11) is 0.0486. The van der Waals surface area contributed by atoms with E-state index in [2.05, 4.69) is 4.98 Å². The van der Waals surface area contributed by atoms with E-state index in [1.165, 1.54) is 4.31 Å². The first-order valence-electron chi connectivity index (χ1n) is 8.53. The zero-order valence-electron chi connectivity index (χ0n) is 15.4. The van der Waals surface area contributed by atoms with Crippen molar-refractivity contribution < 1.29 is 13.2 Å². The predicted molar refractivity (Wildman–Crippen MR) is 103 cm³/mol. The molecule has 138 valence electrons. The number of imidazole rings is 1. The number of benzene rings is 2. The lowest BCUT2D eigenvalue weighted by molar-refractivity contribution is 0.415. The van der Waals surface area contributed by atoms with Crippen molar-refractivity contribution in [3.05, 3.63) is 42.5 Å². The van der Waals surface area contributed by atoms with Crippen molar-refractivity contribution in [2.45, 2.75) is 18.7 Å². The van der Waals surface area contributed by atoms with Gasteiger partial charge in [0.15, 0.2) is 0 Å². The molecule has 3 rings (SSSR count). The smallest absolute Gasteiger partial charge is 0.243 e. The van der Waals surface area contributed by atoms with E-state index in [-0.39, 0.29) is 4.90 Å². The Morgan fingerprint density at radius 2 is 1.73 bits per heavy atom. The monoisotopic (exact) mass is 373 g/mol. The van der Waals surface area contributed by atoms with E-state index in [0.29, 0.717) is 18.6 Å². The maximum Gasteiger partial charge on any atom is 0.243 e. The van der Waals surface area contributed by atoms with Gasteiger partial charge in [0.2, 0.25) is 10.0 Å². The minimum Gasteiger partial charge on any atom is -0.497 e. The summed E-state index contributed by atoms with van der Waals surface area (Å²) in [5, 5.41) is 0. The molecule has 3 aromatic rings. The lowest BCUT2D eigenvalue weighted by Gasteiger charge is -2.18. The van der Waals surface area contributed by atoms with Crippen LogP contribution in [0.2, 0.25) is 0 Å². The number of methoxy groups -OCH3 is 1. The van der Waals surface area contributed by atoms with Gasteiger partial charge in [-0.15, -0.1) is 0 Å². The van der Waals surface area contributed by atoms with E-state index < -0.39 is 10.0 Å². The van der Waals surface area contributed by atoms with E-state index in [1.54, 1.807) is 19.2 Å². The average molecular weight is 373 g/mol. The van der Waals surface area contributed by atoms with Gasteiger partial charge in [-0.25, -0.2) is 13.4 Å². The summed E-state index contributed by atoms with van der Waals surface area (Å²) in [5.74, 6) is 1.56. The van der Waals surface area contributed by atoms with Gasteiger partial charge in [0.05, 0.1) is 23.0 Å². The SMILES string of the molecule is CCN(CC)S(=O)(=O)c1ccc2c(c1)nc(-c1ccc(OC)cc1)n2C. The summed E-state index contributed by atoms with van der Waals surface area (Å²) >= 11 is 0. The van der Waals surface area contributed by atoms with Gasteiger partial charge >= 0.3 is 0 Å². The number of fused-ring (bicyclic) bond motifs is 1. The molecule has 0 saturated carbocycles. The van der Waals surface area contributed by atoms with Gasteiger partial charge in [-0.05, 0) is 42.5 Å². The minimum atomic E-state index is -3.50. The Labute approximate surface area is 154 Å². The Balaban J connectivity index is 2.09. The maximum atomic E-state index is 12.7. The Bertz CT molecular complexity index is 1020. The summed E-state index contributed by atoms with van der Waals surface area (Å²) in [6.07, 6.45) is 0. The first-order chi connectivity index (χ1) is 12.4. The Morgan fingerprint density at radius 1 is 1.08 bits per heavy atom. The van der Waals surface area contributed by atoms with Gasteiger partial charge in [-0.1, -0.05) is 13.8 Å². The molecule has 0 spiro atoms. The molecule has 0 bridgehead atoms. The first kappa shape index (κ1) is 18.4. The van der Waals surface area contributed by atoms with E-state index in [0.717, 1.165) is 22.7 Å². The Hall–Kier alpha value is -2.38. The molecule has 0 aliphatic heterocycles. The highest BCUT2D eigenvalue weighted by molar-refractivity contribution is 7.89. The largest absolute Gasteiger partial charge is 0.497 e. The fraction of sp³-hybridized carbons (Fsp3) is 0.316. The maximum absolute atomic E-state index is 12.7. The topological polar surface area (TPSA) is 64.4 Å². The van der Waals surface area contributed by atoms with Crippen molar-refractivity contribution in [2.75, 3.05) is 20.2 Å². The van der Waals surface area contributed by atoms with Crippen LogP contribution in [0.1, 0.15) is 13.8 Å². The number of hydrogen-bond acceptors (Lipinski definition) is 4. The van der Waals surface area contributed by atoms with Crippen molar-refractivity contribution in [1.82, 2.24) is 13.9 Å². The van der Waals surface area contributed by atoms with Crippen molar-refractivity contribution >= 4 is 21.1 Å². The molecule has 0 amide bonds. The minimum absolute atomic E-state index is 0.271. The summed E-state index contributed by atoms with van der Waals surface area (Å²) in [6.45, 7) is 4.55. The number of nitrogens with zero attached hydrogens (tertiary/aromatic N) is 3. The number of rotatable bonds is 6. The number of sulfonamides is 1. The first-order valence-corrected chi connectivity index (χ1v) is 9.97. The molecule has 0 atom stereocenters. The van der Waals surface area contributed by atoms with Crippen LogP contribution >= 0.6 is 0 Å². The van der Waals surface area contributed by atoms with E-state index in [1.807, 2.05) is 55.8 Å². The summed E-state index contributed by atoms with van der Waals surface area (Å²) < 4.78 is 34.1. The van der Waals surface area contributed by atoms with Crippen LogP contribution in [0.25, 0.3) is 22.4 Å². The second-order valence-corrected chi connectivity index (χ2v) is 7.90. The normalized spacial score (nSPS) is 12.0. The van der Waals surface area contributed by atoms with Crippen LogP contribution in [-0.4, -0.2) is 42.5 Å². The van der Waals surface area contributed by atoms with Crippen molar-refractivity contribution in [3.8, 4) is 17.1 Å². The van der Waals surface area contributed by atoms with E-state index in [9.17, 15) is 8.42 Å². The highest BCUT2D eigenvalue weighted by Crippen LogP contribution is 2.27. The third-order valence-corrected chi connectivity index (χ3v) is 6.59. The quantitative estimate of drug-likeness (QED) is 0.665. The highest BCUT2D eigenvalue weighted by Gasteiger charge is 2.22. The molecule has 0 fully saturated rings. The molecule has 0 N–H and O–H groups in total. The molecule has 6 nitrogen and oxygen atoms in total. The van der Waals surface area contributed by atoms with Gasteiger partial charge in [0.25, 0.3) is 0 Å². The van der Waals surface area contributed by atoms with Crippen LogP contribution in [0.5, 0.6) is 5.75 Å². The number of ether oxygens (including phenoxy) is 1. The van der Waals surface area contributed by atoms with E-state index >= 15 is 0 Å². The summed E-state index contributed by atoms with van der Waals surface area (Å²) in [6, 6.07) is 12.7. The molecule has 2 aromatic carbocycles. The molecule has 0 aliphatic rings. The predicted octanol–water partition coefficient (Wildman–Crippen LogP) is 3.28. The molecule has 0 radical (unpaired) electrons.